The minimum atomic E-state index is -0.933. The Morgan fingerprint density at radius 3 is 2.64 bits per heavy atom. The first-order chi connectivity index (χ1) is 12.0. The Balaban J connectivity index is 2.00. The Morgan fingerprint density at radius 2 is 1.92 bits per heavy atom. The molecule has 3 rings (SSSR count). The maximum absolute atomic E-state index is 10.8. The first-order valence-corrected chi connectivity index (χ1v) is 9.03. The lowest BCUT2D eigenvalue weighted by atomic mass is 10.1. The first kappa shape index (κ1) is 17.6. The van der Waals surface area contributed by atoms with Crippen molar-refractivity contribution in [3.8, 4) is 0 Å². The van der Waals surface area contributed by atoms with Gasteiger partial charge in [-0.15, -0.1) is 0 Å². The third-order valence-electron chi connectivity index (χ3n) is 4.40. The van der Waals surface area contributed by atoms with Crippen LogP contribution in [0.1, 0.15) is 12.5 Å². The Kier molecular flexibility index (Phi) is 5.16. The number of fused-ring (bicyclic) bond motifs is 2. The highest BCUT2D eigenvalue weighted by molar-refractivity contribution is 7.99. The topological polar surface area (TPSA) is 43.8 Å². The van der Waals surface area contributed by atoms with E-state index in [4.69, 9.17) is 5.11 Å². The summed E-state index contributed by atoms with van der Waals surface area (Å²) in [4.78, 5) is 17.7. The summed E-state index contributed by atoms with van der Waals surface area (Å²) in [5.74, 6) is -0.933. The van der Waals surface area contributed by atoms with Crippen LogP contribution < -0.4 is 4.90 Å². The van der Waals surface area contributed by atoms with Gasteiger partial charge in [-0.2, -0.15) is 0 Å². The molecule has 130 valence electrons. The van der Waals surface area contributed by atoms with Crippen molar-refractivity contribution in [2.24, 2.45) is 0 Å². The fourth-order valence-electron chi connectivity index (χ4n) is 2.75. The lowest BCUT2D eigenvalue weighted by Crippen LogP contribution is -2.37. The number of carboxylic acids is 1. The average molecular weight is 354 g/mol. The number of carboxylic acid groups (broad SMARTS) is 1. The minimum absolute atomic E-state index is 0.399. The van der Waals surface area contributed by atoms with E-state index in [1.807, 2.05) is 6.07 Å². The molecule has 1 aliphatic rings. The zero-order valence-corrected chi connectivity index (χ0v) is 15.5. The van der Waals surface area contributed by atoms with Crippen LogP contribution in [-0.4, -0.2) is 42.7 Å². The molecule has 1 N–H and O–H groups in total. The van der Waals surface area contributed by atoms with Gasteiger partial charge in [-0.3, -0.25) is 0 Å². The van der Waals surface area contributed by atoms with E-state index < -0.39 is 5.97 Å². The largest absolute Gasteiger partial charge is 0.478 e. The lowest BCUT2D eigenvalue weighted by molar-refractivity contribution is -0.131. The summed E-state index contributed by atoms with van der Waals surface area (Å²) in [6, 6.07) is 14.9. The molecule has 0 bridgehead atoms. The number of carbonyl (C=O) groups is 1. The second-order valence-corrected chi connectivity index (χ2v) is 7.48. The molecular formula is C20H22N2O2S. The third-order valence-corrected chi connectivity index (χ3v) is 5.51. The Morgan fingerprint density at radius 1 is 1.20 bits per heavy atom. The van der Waals surface area contributed by atoms with E-state index in [0.717, 1.165) is 17.0 Å². The molecule has 0 aliphatic carbocycles. The summed E-state index contributed by atoms with van der Waals surface area (Å²) in [5, 5.41) is 8.83. The van der Waals surface area contributed by atoms with Gasteiger partial charge in [0.2, 0.25) is 0 Å². The summed E-state index contributed by atoms with van der Waals surface area (Å²) in [6.07, 6.45) is 2.81. The van der Waals surface area contributed by atoms with E-state index in [0.29, 0.717) is 6.04 Å². The van der Waals surface area contributed by atoms with Gasteiger partial charge >= 0.3 is 5.97 Å². The molecule has 0 saturated heterocycles. The van der Waals surface area contributed by atoms with Crippen LogP contribution in [0, 0.1) is 0 Å². The van der Waals surface area contributed by atoms with Crippen LogP contribution >= 0.6 is 11.8 Å². The zero-order valence-electron chi connectivity index (χ0n) is 14.6. The SMILES string of the molecule is CC(CN1c2ccccc2Sc2cc(C=CC(=O)O)ccc21)N(C)C. The molecule has 0 spiro atoms. The summed E-state index contributed by atoms with van der Waals surface area (Å²) in [6.45, 7) is 3.11. The fraction of sp³-hybridized carbons (Fsp3) is 0.250. The van der Waals surface area contributed by atoms with Crippen molar-refractivity contribution >= 4 is 35.2 Å². The molecule has 0 amide bonds. The number of aliphatic carboxylic acids is 1. The van der Waals surface area contributed by atoms with Crippen LogP contribution in [0.4, 0.5) is 11.4 Å². The molecule has 1 aliphatic heterocycles. The van der Waals surface area contributed by atoms with Gasteiger partial charge in [0.25, 0.3) is 0 Å². The molecule has 0 fully saturated rings. The average Bonchev–Trinajstić information content (AvgIpc) is 2.59. The molecule has 0 aromatic heterocycles. The Bertz CT molecular complexity index is 817. The third kappa shape index (κ3) is 3.89. The highest BCUT2D eigenvalue weighted by Crippen LogP contribution is 2.48. The molecule has 4 nitrogen and oxygen atoms in total. The highest BCUT2D eigenvalue weighted by Gasteiger charge is 2.25. The van der Waals surface area contributed by atoms with Crippen molar-refractivity contribution in [1.82, 2.24) is 4.90 Å². The number of rotatable bonds is 5. The molecule has 25 heavy (non-hydrogen) atoms. The van der Waals surface area contributed by atoms with Gasteiger partial charge < -0.3 is 14.9 Å². The van der Waals surface area contributed by atoms with Crippen molar-refractivity contribution < 1.29 is 9.90 Å². The van der Waals surface area contributed by atoms with Crippen molar-refractivity contribution in [3.63, 3.8) is 0 Å². The maximum Gasteiger partial charge on any atom is 0.328 e. The van der Waals surface area contributed by atoms with E-state index in [-0.39, 0.29) is 0 Å². The van der Waals surface area contributed by atoms with Crippen LogP contribution in [-0.2, 0) is 4.79 Å². The zero-order chi connectivity index (χ0) is 18.0. The molecule has 2 aromatic rings. The highest BCUT2D eigenvalue weighted by atomic mass is 32.2. The van der Waals surface area contributed by atoms with Crippen molar-refractivity contribution in [2.75, 3.05) is 25.5 Å². The Labute approximate surface area is 152 Å². The van der Waals surface area contributed by atoms with Crippen LogP contribution in [0.3, 0.4) is 0 Å². The van der Waals surface area contributed by atoms with Gasteiger partial charge in [-0.1, -0.05) is 30.0 Å². The fourth-order valence-corrected chi connectivity index (χ4v) is 3.89. The molecule has 2 aromatic carbocycles. The number of para-hydroxylation sites is 1. The molecule has 1 heterocycles. The number of likely N-dealkylation sites (N-methyl/N-ethyl adjacent to an activating group) is 1. The Hall–Kier alpha value is -2.24. The maximum atomic E-state index is 10.8. The minimum Gasteiger partial charge on any atom is -0.478 e. The summed E-state index contributed by atoms with van der Waals surface area (Å²) < 4.78 is 0. The normalized spacial score (nSPS) is 14.5. The smallest absolute Gasteiger partial charge is 0.328 e. The van der Waals surface area contributed by atoms with Crippen LogP contribution in [0.25, 0.3) is 6.08 Å². The monoisotopic (exact) mass is 354 g/mol. The molecular weight excluding hydrogens is 332 g/mol. The van der Waals surface area contributed by atoms with Gasteiger partial charge in [0, 0.05) is 28.5 Å². The number of anilines is 2. The lowest BCUT2D eigenvalue weighted by Gasteiger charge is -2.36. The number of hydrogen-bond acceptors (Lipinski definition) is 4. The van der Waals surface area contributed by atoms with Crippen molar-refractivity contribution in [2.45, 2.75) is 22.8 Å². The van der Waals surface area contributed by atoms with Crippen LogP contribution in [0.15, 0.2) is 58.3 Å². The van der Waals surface area contributed by atoms with Gasteiger partial charge in [-0.05, 0) is 56.9 Å². The van der Waals surface area contributed by atoms with E-state index in [2.05, 4.69) is 67.2 Å². The molecule has 1 atom stereocenters. The van der Waals surface area contributed by atoms with E-state index in [9.17, 15) is 4.79 Å². The van der Waals surface area contributed by atoms with Crippen LogP contribution in [0.2, 0.25) is 0 Å². The van der Waals surface area contributed by atoms with Gasteiger partial charge in [0.05, 0.1) is 11.4 Å². The van der Waals surface area contributed by atoms with Gasteiger partial charge in [0.1, 0.15) is 0 Å². The standard InChI is InChI=1S/C20H22N2O2S/c1-14(21(2)3)13-22-16-6-4-5-7-18(16)25-19-12-15(8-10-17(19)22)9-11-20(23)24/h4-12,14H,13H2,1-3H3,(H,23,24). The number of benzene rings is 2. The predicted octanol–water partition coefficient (Wildman–Crippen LogP) is 4.34. The van der Waals surface area contributed by atoms with Crippen LogP contribution in [0.5, 0.6) is 0 Å². The number of nitrogens with zero attached hydrogens (tertiary/aromatic N) is 2. The quantitative estimate of drug-likeness (QED) is 0.809. The summed E-state index contributed by atoms with van der Waals surface area (Å²) >= 11 is 1.73. The predicted molar refractivity (Wildman–Crippen MR) is 104 cm³/mol. The molecule has 1 unspecified atom stereocenters. The van der Waals surface area contributed by atoms with Crippen molar-refractivity contribution in [3.05, 3.63) is 54.1 Å². The summed E-state index contributed by atoms with van der Waals surface area (Å²) in [5.41, 5.74) is 3.29. The summed E-state index contributed by atoms with van der Waals surface area (Å²) in [7, 11) is 4.19. The van der Waals surface area contributed by atoms with Crippen molar-refractivity contribution in [1.29, 1.82) is 0 Å². The van der Waals surface area contributed by atoms with E-state index in [1.54, 1.807) is 17.8 Å². The molecule has 0 radical (unpaired) electrons. The van der Waals surface area contributed by atoms with Gasteiger partial charge in [0.15, 0.2) is 0 Å². The van der Waals surface area contributed by atoms with E-state index in [1.165, 1.54) is 22.3 Å². The second kappa shape index (κ2) is 7.33. The second-order valence-electron chi connectivity index (χ2n) is 6.39. The molecule has 5 heteroatoms. The number of hydrogen-bond donors (Lipinski definition) is 1. The van der Waals surface area contributed by atoms with Gasteiger partial charge in [-0.25, -0.2) is 4.79 Å². The first-order valence-electron chi connectivity index (χ1n) is 8.21. The molecule has 0 saturated carbocycles. The van der Waals surface area contributed by atoms with E-state index >= 15 is 0 Å².